The van der Waals surface area contributed by atoms with Gasteiger partial charge in [-0.2, -0.15) is 0 Å². The molecule has 1 aromatic rings. The second kappa shape index (κ2) is 7.39. The van der Waals surface area contributed by atoms with Crippen LogP contribution in [-0.2, 0) is 6.42 Å². The van der Waals surface area contributed by atoms with E-state index in [4.69, 9.17) is 11.6 Å². The van der Waals surface area contributed by atoms with Crippen molar-refractivity contribution in [3.63, 3.8) is 0 Å². The molecule has 0 aliphatic carbocycles. The molecule has 1 aromatic carbocycles. The van der Waals surface area contributed by atoms with Gasteiger partial charge in [0.1, 0.15) is 0 Å². The maximum absolute atomic E-state index is 12.0. The van der Waals surface area contributed by atoms with E-state index < -0.39 is 0 Å². The van der Waals surface area contributed by atoms with Crippen molar-refractivity contribution >= 4 is 17.6 Å². The van der Waals surface area contributed by atoms with Gasteiger partial charge in [0.2, 0.25) is 0 Å². The van der Waals surface area contributed by atoms with Crippen molar-refractivity contribution in [2.75, 3.05) is 19.6 Å². The maximum Gasteiger partial charge on any atom is 0.317 e. The Morgan fingerprint density at radius 1 is 1.11 bits per heavy atom. The summed E-state index contributed by atoms with van der Waals surface area (Å²) in [5, 5.41) is 3.74. The van der Waals surface area contributed by atoms with Crippen LogP contribution >= 0.6 is 11.6 Å². The first-order valence-corrected chi connectivity index (χ1v) is 7.41. The monoisotopic (exact) mass is 280 g/mol. The first-order chi connectivity index (χ1) is 9.25. The van der Waals surface area contributed by atoms with Crippen LogP contribution in [0.1, 0.15) is 31.2 Å². The summed E-state index contributed by atoms with van der Waals surface area (Å²) in [6.45, 7) is 2.47. The Morgan fingerprint density at radius 3 is 2.37 bits per heavy atom. The van der Waals surface area contributed by atoms with Crippen LogP contribution in [-0.4, -0.2) is 30.6 Å². The number of amides is 2. The lowest BCUT2D eigenvalue weighted by molar-refractivity contribution is 0.200. The maximum atomic E-state index is 12.0. The normalized spacial score (nSPS) is 15.9. The van der Waals surface area contributed by atoms with E-state index in [9.17, 15) is 4.79 Å². The zero-order valence-corrected chi connectivity index (χ0v) is 12.0. The molecule has 0 radical (unpaired) electrons. The molecule has 1 saturated heterocycles. The van der Waals surface area contributed by atoms with Crippen LogP contribution in [0.4, 0.5) is 4.79 Å². The van der Waals surface area contributed by atoms with E-state index >= 15 is 0 Å². The Bertz CT molecular complexity index is 397. The van der Waals surface area contributed by atoms with E-state index in [0.29, 0.717) is 6.54 Å². The Balaban J connectivity index is 1.72. The van der Waals surface area contributed by atoms with Crippen LogP contribution in [0.15, 0.2) is 24.3 Å². The lowest BCUT2D eigenvalue weighted by atomic mass is 10.1. The number of nitrogens with one attached hydrogen (secondary N) is 1. The molecule has 0 spiro atoms. The third kappa shape index (κ3) is 4.75. The number of carbonyl (C=O) groups is 1. The number of hydrogen-bond acceptors (Lipinski definition) is 1. The van der Waals surface area contributed by atoms with Gasteiger partial charge in [0.05, 0.1) is 0 Å². The first kappa shape index (κ1) is 14.2. The van der Waals surface area contributed by atoms with Crippen molar-refractivity contribution in [2.24, 2.45) is 0 Å². The molecule has 2 amide bonds. The summed E-state index contributed by atoms with van der Waals surface area (Å²) < 4.78 is 0. The van der Waals surface area contributed by atoms with E-state index in [1.165, 1.54) is 18.4 Å². The molecule has 0 bridgehead atoms. The number of halogens is 1. The minimum atomic E-state index is 0.0795. The minimum absolute atomic E-state index is 0.0795. The average molecular weight is 281 g/mol. The molecule has 0 unspecified atom stereocenters. The smallest absolute Gasteiger partial charge is 0.317 e. The van der Waals surface area contributed by atoms with Crippen LogP contribution in [0.25, 0.3) is 0 Å². The van der Waals surface area contributed by atoms with Crippen molar-refractivity contribution in [1.29, 1.82) is 0 Å². The SMILES string of the molecule is O=C(NCCc1ccc(Cl)cc1)N1CCCCCC1. The molecule has 1 fully saturated rings. The van der Waals surface area contributed by atoms with Crippen LogP contribution < -0.4 is 5.32 Å². The van der Waals surface area contributed by atoms with Crippen molar-refractivity contribution < 1.29 is 4.79 Å². The molecule has 4 heteroatoms. The van der Waals surface area contributed by atoms with Gasteiger partial charge >= 0.3 is 6.03 Å². The zero-order valence-electron chi connectivity index (χ0n) is 11.2. The van der Waals surface area contributed by atoms with E-state index in [0.717, 1.165) is 37.4 Å². The molecule has 0 aromatic heterocycles. The van der Waals surface area contributed by atoms with E-state index in [1.807, 2.05) is 29.2 Å². The van der Waals surface area contributed by atoms with Gasteiger partial charge in [0.25, 0.3) is 0 Å². The standard InChI is InChI=1S/C15H21ClN2O/c16-14-7-5-13(6-8-14)9-10-17-15(19)18-11-3-1-2-4-12-18/h5-8H,1-4,9-12H2,(H,17,19). The predicted molar refractivity (Wildman–Crippen MR) is 78.6 cm³/mol. The molecule has 104 valence electrons. The number of rotatable bonds is 3. The number of urea groups is 1. The molecule has 0 saturated carbocycles. The second-order valence-corrected chi connectivity index (χ2v) is 5.45. The van der Waals surface area contributed by atoms with Gasteiger partial charge in [0.15, 0.2) is 0 Å². The predicted octanol–water partition coefficient (Wildman–Crippen LogP) is 3.47. The minimum Gasteiger partial charge on any atom is -0.338 e. The summed E-state index contributed by atoms with van der Waals surface area (Å²) in [6.07, 6.45) is 5.59. The van der Waals surface area contributed by atoms with Crippen molar-refractivity contribution in [3.8, 4) is 0 Å². The summed E-state index contributed by atoms with van der Waals surface area (Å²) in [5.41, 5.74) is 1.19. The van der Waals surface area contributed by atoms with Crippen molar-refractivity contribution in [3.05, 3.63) is 34.9 Å². The van der Waals surface area contributed by atoms with Gasteiger partial charge in [-0.05, 0) is 37.0 Å². The molecule has 3 nitrogen and oxygen atoms in total. The zero-order chi connectivity index (χ0) is 13.5. The largest absolute Gasteiger partial charge is 0.338 e. The fraction of sp³-hybridized carbons (Fsp3) is 0.533. The van der Waals surface area contributed by atoms with Gasteiger partial charge in [-0.3, -0.25) is 0 Å². The summed E-state index contributed by atoms with van der Waals surface area (Å²) >= 11 is 5.84. The van der Waals surface area contributed by atoms with Crippen molar-refractivity contribution in [1.82, 2.24) is 10.2 Å². The van der Waals surface area contributed by atoms with E-state index in [-0.39, 0.29) is 6.03 Å². The topological polar surface area (TPSA) is 32.3 Å². The fourth-order valence-corrected chi connectivity index (χ4v) is 2.48. The molecule has 1 heterocycles. The number of benzene rings is 1. The highest BCUT2D eigenvalue weighted by molar-refractivity contribution is 6.30. The number of likely N-dealkylation sites (tertiary alicyclic amines) is 1. The van der Waals surface area contributed by atoms with Gasteiger partial charge in [-0.25, -0.2) is 4.79 Å². The fourth-order valence-electron chi connectivity index (χ4n) is 2.35. The molecule has 1 aliphatic heterocycles. The van der Waals surface area contributed by atoms with Crippen LogP contribution in [0, 0.1) is 0 Å². The first-order valence-electron chi connectivity index (χ1n) is 7.03. The van der Waals surface area contributed by atoms with Gasteiger partial charge in [-0.15, -0.1) is 0 Å². The van der Waals surface area contributed by atoms with Crippen LogP contribution in [0.3, 0.4) is 0 Å². The Morgan fingerprint density at radius 2 is 1.74 bits per heavy atom. The van der Waals surface area contributed by atoms with E-state index in [1.54, 1.807) is 0 Å². The summed E-state index contributed by atoms with van der Waals surface area (Å²) in [5.74, 6) is 0. The number of carbonyl (C=O) groups excluding carboxylic acids is 1. The Labute approximate surface area is 119 Å². The molecule has 19 heavy (non-hydrogen) atoms. The lowest BCUT2D eigenvalue weighted by Crippen LogP contribution is -2.41. The molecular weight excluding hydrogens is 260 g/mol. The molecule has 1 aliphatic rings. The van der Waals surface area contributed by atoms with Crippen molar-refractivity contribution in [2.45, 2.75) is 32.1 Å². The summed E-state index contributed by atoms with van der Waals surface area (Å²) in [7, 11) is 0. The number of nitrogens with zero attached hydrogens (tertiary/aromatic N) is 1. The number of hydrogen-bond donors (Lipinski definition) is 1. The molecule has 1 N–H and O–H groups in total. The third-order valence-corrected chi connectivity index (χ3v) is 3.75. The average Bonchev–Trinajstić information content (AvgIpc) is 2.70. The summed E-state index contributed by atoms with van der Waals surface area (Å²) in [6, 6.07) is 7.85. The van der Waals surface area contributed by atoms with E-state index in [2.05, 4.69) is 5.32 Å². The molecular formula is C15H21ClN2O. The van der Waals surface area contributed by atoms with Crippen LogP contribution in [0.2, 0.25) is 5.02 Å². The Hall–Kier alpha value is -1.22. The highest BCUT2D eigenvalue weighted by Gasteiger charge is 2.14. The molecule has 2 rings (SSSR count). The van der Waals surface area contributed by atoms with Crippen LogP contribution in [0.5, 0.6) is 0 Å². The third-order valence-electron chi connectivity index (χ3n) is 3.50. The quantitative estimate of drug-likeness (QED) is 0.903. The summed E-state index contributed by atoms with van der Waals surface area (Å²) in [4.78, 5) is 13.9. The van der Waals surface area contributed by atoms with Gasteiger partial charge in [0, 0.05) is 24.7 Å². The van der Waals surface area contributed by atoms with Gasteiger partial charge in [-0.1, -0.05) is 36.6 Å². The van der Waals surface area contributed by atoms with Gasteiger partial charge < -0.3 is 10.2 Å². The lowest BCUT2D eigenvalue weighted by Gasteiger charge is -2.20. The highest BCUT2D eigenvalue weighted by Crippen LogP contribution is 2.11. The second-order valence-electron chi connectivity index (χ2n) is 5.01. The molecule has 0 atom stereocenters. The Kier molecular flexibility index (Phi) is 5.52. The highest BCUT2D eigenvalue weighted by atomic mass is 35.5.